The van der Waals surface area contributed by atoms with E-state index in [0.717, 1.165) is 11.3 Å². The van der Waals surface area contributed by atoms with Crippen LogP contribution >= 0.6 is 0 Å². The molecule has 0 saturated heterocycles. The fraction of sp³-hybridized carbons (Fsp3) is 0.200. The van der Waals surface area contributed by atoms with Gasteiger partial charge in [0, 0.05) is 12.1 Å². The van der Waals surface area contributed by atoms with E-state index in [1.54, 1.807) is 18.2 Å². The van der Waals surface area contributed by atoms with Crippen LogP contribution in [0.2, 0.25) is 0 Å². The van der Waals surface area contributed by atoms with E-state index in [4.69, 9.17) is 10.4 Å². The summed E-state index contributed by atoms with van der Waals surface area (Å²) in [5.74, 6) is -0.861. The van der Waals surface area contributed by atoms with Crippen molar-refractivity contribution in [2.75, 3.05) is 5.32 Å². The highest BCUT2D eigenvalue weighted by molar-refractivity contribution is 5.81. The van der Waals surface area contributed by atoms with Gasteiger partial charge in [-0.3, -0.25) is 0 Å². The smallest absolute Gasteiger partial charge is 0.326 e. The van der Waals surface area contributed by atoms with Crippen molar-refractivity contribution in [1.29, 1.82) is 5.26 Å². The fourth-order valence-corrected chi connectivity index (χ4v) is 1.58. The minimum Gasteiger partial charge on any atom is -0.480 e. The van der Waals surface area contributed by atoms with Crippen molar-refractivity contribution < 1.29 is 9.90 Å². The molecule has 1 aliphatic rings. The van der Waals surface area contributed by atoms with Crippen LogP contribution in [0, 0.1) is 11.3 Å². The number of nitrogens with one attached hydrogen (secondary N) is 1. The third kappa shape index (κ3) is 1.29. The van der Waals surface area contributed by atoms with Crippen molar-refractivity contribution in [1.82, 2.24) is 0 Å². The van der Waals surface area contributed by atoms with Gasteiger partial charge in [0.25, 0.3) is 0 Å². The molecule has 4 nitrogen and oxygen atoms in total. The highest BCUT2D eigenvalue weighted by atomic mass is 16.4. The molecular weight excluding hydrogens is 180 g/mol. The number of rotatable bonds is 1. The molecule has 0 aliphatic carbocycles. The van der Waals surface area contributed by atoms with Gasteiger partial charge in [-0.15, -0.1) is 0 Å². The lowest BCUT2D eigenvalue weighted by molar-refractivity contribution is -0.137. The van der Waals surface area contributed by atoms with Crippen molar-refractivity contribution in [2.45, 2.75) is 12.5 Å². The van der Waals surface area contributed by atoms with Gasteiger partial charge in [0.05, 0.1) is 11.6 Å². The van der Waals surface area contributed by atoms with E-state index in [9.17, 15) is 4.79 Å². The molecule has 0 saturated carbocycles. The number of aliphatic carboxylic acids is 1. The molecule has 1 heterocycles. The molecule has 4 heteroatoms. The maximum atomic E-state index is 10.7. The first-order valence-electron chi connectivity index (χ1n) is 4.23. The molecule has 0 radical (unpaired) electrons. The number of anilines is 1. The maximum absolute atomic E-state index is 10.7. The zero-order valence-corrected chi connectivity index (χ0v) is 7.32. The Morgan fingerprint density at radius 1 is 1.64 bits per heavy atom. The predicted octanol–water partition coefficient (Wildman–Crippen LogP) is 0.979. The molecular formula is C10H8N2O2. The van der Waals surface area contributed by atoms with E-state index in [1.807, 2.05) is 6.07 Å². The summed E-state index contributed by atoms with van der Waals surface area (Å²) in [5.41, 5.74) is 2.28. The number of nitrogens with zero attached hydrogens (tertiary/aromatic N) is 1. The number of carboxylic acid groups (broad SMARTS) is 1. The Labute approximate surface area is 80.8 Å². The average molecular weight is 188 g/mol. The van der Waals surface area contributed by atoms with Gasteiger partial charge in [-0.25, -0.2) is 4.79 Å². The van der Waals surface area contributed by atoms with Crippen LogP contribution in [-0.2, 0) is 11.2 Å². The van der Waals surface area contributed by atoms with Crippen molar-refractivity contribution in [3.63, 3.8) is 0 Å². The lowest BCUT2D eigenvalue weighted by Crippen LogP contribution is -2.26. The second kappa shape index (κ2) is 3.04. The topological polar surface area (TPSA) is 73.1 Å². The average Bonchev–Trinajstić information content (AvgIpc) is 2.59. The Hall–Kier alpha value is -2.02. The highest BCUT2D eigenvalue weighted by Gasteiger charge is 2.26. The van der Waals surface area contributed by atoms with E-state index in [2.05, 4.69) is 5.32 Å². The summed E-state index contributed by atoms with van der Waals surface area (Å²) in [4.78, 5) is 10.7. The second-order valence-corrected chi connectivity index (χ2v) is 3.22. The normalized spacial score (nSPS) is 18.1. The summed E-state index contributed by atoms with van der Waals surface area (Å²) in [5, 5.41) is 20.3. The number of fused-ring (bicyclic) bond motifs is 1. The highest BCUT2D eigenvalue weighted by Crippen LogP contribution is 2.26. The van der Waals surface area contributed by atoms with Crippen molar-refractivity contribution in [3.05, 3.63) is 29.3 Å². The first kappa shape index (κ1) is 8.57. The monoisotopic (exact) mass is 188 g/mol. The quantitative estimate of drug-likeness (QED) is 0.689. The Balaban J connectivity index is 2.32. The van der Waals surface area contributed by atoms with Crippen molar-refractivity contribution in [3.8, 4) is 6.07 Å². The van der Waals surface area contributed by atoms with Crippen LogP contribution in [0.3, 0.4) is 0 Å². The van der Waals surface area contributed by atoms with Gasteiger partial charge >= 0.3 is 5.97 Å². The molecule has 0 bridgehead atoms. The minimum absolute atomic E-state index is 0.445. The minimum atomic E-state index is -0.861. The Morgan fingerprint density at radius 2 is 2.43 bits per heavy atom. The molecule has 2 rings (SSSR count). The maximum Gasteiger partial charge on any atom is 0.326 e. The number of hydrogen-bond acceptors (Lipinski definition) is 3. The molecule has 70 valence electrons. The predicted molar refractivity (Wildman–Crippen MR) is 49.9 cm³/mol. The second-order valence-electron chi connectivity index (χ2n) is 3.22. The molecule has 0 fully saturated rings. The van der Waals surface area contributed by atoms with Gasteiger partial charge in [-0.2, -0.15) is 5.26 Å². The largest absolute Gasteiger partial charge is 0.480 e. The Bertz CT molecular complexity index is 434. The molecule has 0 aromatic heterocycles. The lowest BCUT2D eigenvalue weighted by Gasteiger charge is -2.03. The molecule has 1 aliphatic heterocycles. The zero-order chi connectivity index (χ0) is 10.1. The number of benzene rings is 1. The van der Waals surface area contributed by atoms with E-state index >= 15 is 0 Å². The van der Waals surface area contributed by atoms with Crippen LogP contribution in [0.15, 0.2) is 18.2 Å². The van der Waals surface area contributed by atoms with Crippen LogP contribution in [0.1, 0.15) is 11.1 Å². The Morgan fingerprint density at radius 3 is 3.07 bits per heavy atom. The van der Waals surface area contributed by atoms with Gasteiger partial charge in [-0.1, -0.05) is 0 Å². The zero-order valence-electron chi connectivity index (χ0n) is 7.32. The molecule has 0 amide bonds. The van der Waals surface area contributed by atoms with E-state index in [1.165, 1.54) is 0 Å². The summed E-state index contributed by atoms with van der Waals surface area (Å²) in [6.45, 7) is 0. The third-order valence-corrected chi connectivity index (χ3v) is 2.29. The van der Waals surface area contributed by atoms with Gasteiger partial charge < -0.3 is 10.4 Å². The van der Waals surface area contributed by atoms with Gasteiger partial charge in [-0.05, 0) is 23.8 Å². The van der Waals surface area contributed by atoms with Crippen LogP contribution in [0.5, 0.6) is 0 Å². The fourth-order valence-electron chi connectivity index (χ4n) is 1.58. The molecule has 1 aromatic carbocycles. The number of carbonyl (C=O) groups is 1. The molecule has 14 heavy (non-hydrogen) atoms. The van der Waals surface area contributed by atoms with Crippen LogP contribution in [0.25, 0.3) is 0 Å². The molecule has 0 spiro atoms. The summed E-state index contributed by atoms with van der Waals surface area (Å²) < 4.78 is 0. The number of nitriles is 1. The first-order chi connectivity index (χ1) is 6.70. The third-order valence-electron chi connectivity index (χ3n) is 2.29. The molecule has 2 N–H and O–H groups in total. The molecule has 1 aromatic rings. The summed E-state index contributed by atoms with van der Waals surface area (Å²) in [6.07, 6.45) is 0.445. The van der Waals surface area contributed by atoms with Crippen LogP contribution < -0.4 is 5.32 Å². The van der Waals surface area contributed by atoms with Crippen molar-refractivity contribution in [2.24, 2.45) is 0 Å². The number of hydrogen-bond donors (Lipinski definition) is 2. The summed E-state index contributed by atoms with van der Waals surface area (Å²) >= 11 is 0. The standard InChI is InChI=1S/C10H8N2O2/c11-5-6-1-2-8-7(3-6)4-9(12-8)10(13)14/h1-3,9,12H,4H2,(H,13,14). The molecule has 1 atom stereocenters. The summed E-state index contributed by atoms with van der Waals surface area (Å²) in [6, 6.07) is 6.62. The molecule has 1 unspecified atom stereocenters. The van der Waals surface area contributed by atoms with Gasteiger partial charge in [0.1, 0.15) is 6.04 Å². The lowest BCUT2D eigenvalue weighted by atomic mass is 10.1. The van der Waals surface area contributed by atoms with Gasteiger partial charge in [0.2, 0.25) is 0 Å². The van der Waals surface area contributed by atoms with Crippen LogP contribution in [-0.4, -0.2) is 17.1 Å². The summed E-state index contributed by atoms with van der Waals surface area (Å²) in [7, 11) is 0. The Kier molecular flexibility index (Phi) is 1.86. The van der Waals surface area contributed by atoms with E-state index in [0.29, 0.717) is 12.0 Å². The first-order valence-corrected chi connectivity index (χ1v) is 4.23. The van der Waals surface area contributed by atoms with Crippen molar-refractivity contribution >= 4 is 11.7 Å². The SMILES string of the molecule is N#Cc1ccc2c(c1)CC(C(=O)O)N2. The van der Waals surface area contributed by atoms with Crippen LogP contribution in [0.4, 0.5) is 5.69 Å². The van der Waals surface area contributed by atoms with E-state index < -0.39 is 12.0 Å². The number of carboxylic acids is 1. The van der Waals surface area contributed by atoms with Gasteiger partial charge in [0.15, 0.2) is 0 Å². The van der Waals surface area contributed by atoms with E-state index in [-0.39, 0.29) is 0 Å².